The molecule has 110 valence electrons. The first-order chi connectivity index (χ1) is 10.1. The fourth-order valence-electron chi connectivity index (χ4n) is 2.23. The van der Waals surface area contributed by atoms with Gasteiger partial charge in [-0.2, -0.15) is 0 Å². The van der Waals surface area contributed by atoms with Gasteiger partial charge in [0, 0.05) is 11.4 Å². The van der Waals surface area contributed by atoms with Crippen molar-refractivity contribution >= 4 is 17.3 Å². The van der Waals surface area contributed by atoms with E-state index in [1.165, 1.54) is 18.4 Å². The van der Waals surface area contributed by atoms with Crippen molar-refractivity contribution in [3.8, 4) is 0 Å². The van der Waals surface area contributed by atoms with E-state index in [4.69, 9.17) is 5.11 Å². The van der Waals surface area contributed by atoms with Gasteiger partial charge in [0.15, 0.2) is 0 Å². The molecule has 0 spiro atoms. The van der Waals surface area contributed by atoms with Crippen LogP contribution in [0.4, 0.5) is 11.4 Å². The largest absolute Gasteiger partial charge is 0.478 e. The maximum Gasteiger partial charge on any atom is 0.335 e. The lowest BCUT2D eigenvalue weighted by Crippen LogP contribution is -1.99. The normalized spacial score (nSPS) is 10.4. The Morgan fingerprint density at radius 2 is 1.86 bits per heavy atom. The molecule has 0 saturated carbocycles. The Labute approximate surface area is 125 Å². The number of unbranched alkanes of at least 4 members (excludes halogenated alkanes) is 1. The third-order valence-electron chi connectivity index (χ3n) is 3.53. The summed E-state index contributed by atoms with van der Waals surface area (Å²) in [6.07, 6.45) is 3.53. The van der Waals surface area contributed by atoms with Crippen LogP contribution in [0, 0.1) is 6.92 Å². The highest BCUT2D eigenvalue weighted by atomic mass is 16.4. The van der Waals surface area contributed by atoms with E-state index >= 15 is 0 Å². The molecular weight excluding hydrogens is 262 g/mol. The maximum absolute atomic E-state index is 10.9. The average Bonchev–Trinajstić information content (AvgIpc) is 2.48. The average molecular weight is 283 g/mol. The van der Waals surface area contributed by atoms with E-state index in [1.807, 2.05) is 13.0 Å². The maximum atomic E-state index is 10.9. The third-order valence-corrected chi connectivity index (χ3v) is 3.53. The molecule has 3 heteroatoms. The number of anilines is 2. The van der Waals surface area contributed by atoms with E-state index in [9.17, 15) is 4.79 Å². The molecule has 21 heavy (non-hydrogen) atoms. The smallest absolute Gasteiger partial charge is 0.335 e. The molecule has 2 rings (SSSR count). The van der Waals surface area contributed by atoms with E-state index in [2.05, 4.69) is 36.5 Å². The summed E-state index contributed by atoms with van der Waals surface area (Å²) in [5, 5.41) is 12.3. The molecule has 0 radical (unpaired) electrons. The molecule has 0 saturated heterocycles. The molecule has 0 aliphatic carbocycles. The molecule has 0 bridgehead atoms. The number of nitrogens with one attached hydrogen (secondary N) is 1. The number of carboxylic acids is 1. The molecule has 3 nitrogen and oxygen atoms in total. The highest BCUT2D eigenvalue weighted by Crippen LogP contribution is 2.22. The van der Waals surface area contributed by atoms with Gasteiger partial charge in [-0.05, 0) is 61.2 Å². The fourth-order valence-corrected chi connectivity index (χ4v) is 2.23. The minimum atomic E-state index is -0.898. The van der Waals surface area contributed by atoms with Crippen molar-refractivity contribution in [2.75, 3.05) is 5.32 Å². The van der Waals surface area contributed by atoms with Crippen LogP contribution in [0.3, 0.4) is 0 Å². The fraction of sp³-hybridized carbons (Fsp3) is 0.278. The Hall–Kier alpha value is -2.29. The standard InChI is InChI=1S/C18H21NO2/c1-3-4-5-14-6-9-16(10-7-14)19-17-11-8-15(18(20)21)12-13(17)2/h6-12,19H,3-5H2,1-2H3,(H,20,21). The van der Waals surface area contributed by atoms with E-state index in [-0.39, 0.29) is 0 Å². The zero-order chi connectivity index (χ0) is 15.2. The number of carbonyl (C=O) groups is 1. The Balaban J connectivity index is 2.09. The monoisotopic (exact) mass is 283 g/mol. The Bertz CT molecular complexity index is 618. The van der Waals surface area contributed by atoms with Crippen molar-refractivity contribution < 1.29 is 9.90 Å². The topological polar surface area (TPSA) is 49.3 Å². The van der Waals surface area contributed by atoms with Crippen LogP contribution in [0.5, 0.6) is 0 Å². The minimum absolute atomic E-state index is 0.313. The highest BCUT2D eigenvalue weighted by molar-refractivity contribution is 5.88. The third kappa shape index (κ3) is 4.09. The molecule has 2 N–H and O–H groups in total. The lowest BCUT2D eigenvalue weighted by Gasteiger charge is -2.11. The van der Waals surface area contributed by atoms with Gasteiger partial charge in [0.25, 0.3) is 0 Å². The van der Waals surface area contributed by atoms with Crippen LogP contribution in [-0.4, -0.2) is 11.1 Å². The summed E-state index contributed by atoms with van der Waals surface area (Å²) < 4.78 is 0. The zero-order valence-corrected chi connectivity index (χ0v) is 12.5. The number of hydrogen-bond donors (Lipinski definition) is 2. The number of benzene rings is 2. The second kappa shape index (κ2) is 6.93. The molecule has 0 atom stereocenters. The van der Waals surface area contributed by atoms with Crippen LogP contribution in [-0.2, 0) is 6.42 Å². The van der Waals surface area contributed by atoms with E-state index in [1.54, 1.807) is 12.1 Å². The predicted octanol–water partition coefficient (Wildman–Crippen LogP) is 4.78. The molecule has 0 amide bonds. The van der Waals surface area contributed by atoms with Gasteiger partial charge < -0.3 is 10.4 Å². The number of aromatic carboxylic acids is 1. The van der Waals surface area contributed by atoms with Crippen LogP contribution >= 0.6 is 0 Å². The predicted molar refractivity (Wildman–Crippen MR) is 86.5 cm³/mol. The molecule has 2 aromatic carbocycles. The lowest BCUT2D eigenvalue weighted by atomic mass is 10.1. The Morgan fingerprint density at radius 3 is 2.43 bits per heavy atom. The summed E-state index contributed by atoms with van der Waals surface area (Å²) in [6.45, 7) is 4.10. The van der Waals surface area contributed by atoms with Gasteiger partial charge in [0.1, 0.15) is 0 Å². The molecule has 0 aromatic heterocycles. The highest BCUT2D eigenvalue weighted by Gasteiger charge is 2.05. The molecule has 0 fully saturated rings. The summed E-state index contributed by atoms with van der Waals surface area (Å²) in [5.74, 6) is -0.898. The van der Waals surface area contributed by atoms with Gasteiger partial charge >= 0.3 is 5.97 Å². The second-order valence-electron chi connectivity index (χ2n) is 5.26. The second-order valence-corrected chi connectivity index (χ2v) is 5.26. The molecule has 0 heterocycles. The van der Waals surface area contributed by atoms with Crippen molar-refractivity contribution in [2.24, 2.45) is 0 Å². The summed E-state index contributed by atoms with van der Waals surface area (Å²) in [5.41, 5.74) is 4.53. The first-order valence-corrected chi connectivity index (χ1v) is 7.30. The Morgan fingerprint density at radius 1 is 1.14 bits per heavy atom. The van der Waals surface area contributed by atoms with Crippen LogP contribution < -0.4 is 5.32 Å². The minimum Gasteiger partial charge on any atom is -0.478 e. The van der Waals surface area contributed by atoms with E-state index in [0.717, 1.165) is 23.4 Å². The number of hydrogen-bond acceptors (Lipinski definition) is 2. The number of aryl methyl sites for hydroxylation is 2. The van der Waals surface area contributed by atoms with E-state index in [0.29, 0.717) is 5.56 Å². The van der Waals surface area contributed by atoms with Crippen LogP contribution in [0.15, 0.2) is 42.5 Å². The first kappa shape index (κ1) is 15.1. The summed E-state index contributed by atoms with van der Waals surface area (Å²) in [6, 6.07) is 13.5. The van der Waals surface area contributed by atoms with Crippen LogP contribution in [0.2, 0.25) is 0 Å². The summed E-state index contributed by atoms with van der Waals surface area (Å²) >= 11 is 0. The van der Waals surface area contributed by atoms with Crippen molar-refractivity contribution in [3.05, 3.63) is 59.2 Å². The zero-order valence-electron chi connectivity index (χ0n) is 12.5. The van der Waals surface area contributed by atoms with Crippen molar-refractivity contribution in [1.82, 2.24) is 0 Å². The summed E-state index contributed by atoms with van der Waals surface area (Å²) in [7, 11) is 0. The van der Waals surface area contributed by atoms with Gasteiger partial charge in [-0.3, -0.25) is 0 Å². The van der Waals surface area contributed by atoms with E-state index < -0.39 is 5.97 Å². The molecule has 0 unspecified atom stereocenters. The molecule has 2 aromatic rings. The molecule has 0 aliphatic rings. The SMILES string of the molecule is CCCCc1ccc(Nc2ccc(C(=O)O)cc2C)cc1. The summed E-state index contributed by atoms with van der Waals surface area (Å²) in [4.78, 5) is 10.9. The number of carboxylic acid groups (broad SMARTS) is 1. The Kier molecular flexibility index (Phi) is 4.99. The quantitative estimate of drug-likeness (QED) is 0.802. The first-order valence-electron chi connectivity index (χ1n) is 7.30. The lowest BCUT2D eigenvalue weighted by molar-refractivity contribution is 0.0697. The van der Waals surface area contributed by atoms with Gasteiger partial charge in [-0.1, -0.05) is 25.5 Å². The van der Waals surface area contributed by atoms with Crippen molar-refractivity contribution in [3.63, 3.8) is 0 Å². The van der Waals surface area contributed by atoms with Crippen LogP contribution in [0.25, 0.3) is 0 Å². The number of rotatable bonds is 6. The van der Waals surface area contributed by atoms with Crippen LogP contribution in [0.1, 0.15) is 41.3 Å². The van der Waals surface area contributed by atoms with Crippen molar-refractivity contribution in [2.45, 2.75) is 33.1 Å². The van der Waals surface area contributed by atoms with Gasteiger partial charge in [-0.25, -0.2) is 4.79 Å². The van der Waals surface area contributed by atoms with Crippen molar-refractivity contribution in [1.29, 1.82) is 0 Å². The molecule has 0 aliphatic heterocycles. The van der Waals surface area contributed by atoms with Gasteiger partial charge in [0.05, 0.1) is 5.56 Å². The molecular formula is C18H21NO2. The van der Waals surface area contributed by atoms with Gasteiger partial charge in [0.2, 0.25) is 0 Å². The van der Waals surface area contributed by atoms with Gasteiger partial charge in [-0.15, -0.1) is 0 Å².